The molecule has 1 fully saturated rings. The minimum Gasteiger partial charge on any atom is -0.486 e. The topological polar surface area (TPSA) is 36.3 Å². The fourth-order valence-electron chi connectivity index (χ4n) is 4.35. The van der Waals surface area contributed by atoms with Gasteiger partial charge in [0.1, 0.15) is 6.61 Å². The lowest BCUT2D eigenvalue weighted by atomic mass is 9.96. The third-order valence-electron chi connectivity index (χ3n) is 6.11. The quantitative estimate of drug-likeness (QED) is 0.342. The second-order valence-corrected chi connectivity index (χ2v) is 8.25. The molecular weight excluding hydrogens is 403 g/mol. The van der Waals surface area contributed by atoms with Gasteiger partial charge in [0.05, 0.1) is 11.7 Å². The number of rotatable bonds is 6. The first-order chi connectivity index (χ1) is 15.7. The van der Waals surface area contributed by atoms with Crippen molar-refractivity contribution in [3.8, 4) is 16.9 Å². The van der Waals surface area contributed by atoms with Crippen LogP contribution in [0, 0.1) is 5.82 Å². The van der Waals surface area contributed by atoms with Gasteiger partial charge in [0.25, 0.3) is 0 Å². The second kappa shape index (κ2) is 9.13. The molecule has 1 saturated heterocycles. The Hall–Kier alpha value is -3.18. The zero-order valence-electron chi connectivity index (χ0n) is 18.3. The minimum absolute atomic E-state index is 0.0346. The van der Waals surface area contributed by atoms with Crippen LogP contribution in [0.1, 0.15) is 43.5 Å². The van der Waals surface area contributed by atoms with Crippen LogP contribution in [0.3, 0.4) is 0 Å². The molecule has 164 valence electrons. The van der Waals surface area contributed by atoms with E-state index in [9.17, 15) is 0 Å². The van der Waals surface area contributed by atoms with E-state index in [1.165, 1.54) is 0 Å². The van der Waals surface area contributed by atoms with Crippen molar-refractivity contribution < 1.29 is 13.9 Å². The minimum atomic E-state index is -0.350. The van der Waals surface area contributed by atoms with Gasteiger partial charge < -0.3 is 9.47 Å². The molecule has 3 aromatic carbocycles. The fourth-order valence-corrected chi connectivity index (χ4v) is 4.35. The van der Waals surface area contributed by atoms with Crippen LogP contribution in [0.25, 0.3) is 22.0 Å². The molecule has 5 heteroatoms. The first-order valence-corrected chi connectivity index (χ1v) is 11.3. The lowest BCUT2D eigenvalue weighted by molar-refractivity contribution is -0.0366. The summed E-state index contributed by atoms with van der Waals surface area (Å²) in [5, 5.41) is 5.64. The Morgan fingerprint density at radius 2 is 1.97 bits per heavy atom. The van der Waals surface area contributed by atoms with E-state index < -0.39 is 0 Å². The Morgan fingerprint density at radius 3 is 2.75 bits per heavy atom. The second-order valence-electron chi connectivity index (χ2n) is 8.25. The predicted octanol–water partition coefficient (Wildman–Crippen LogP) is 6.68. The van der Waals surface area contributed by atoms with E-state index in [-0.39, 0.29) is 17.8 Å². The highest BCUT2D eigenvalue weighted by molar-refractivity contribution is 5.85. The summed E-state index contributed by atoms with van der Waals surface area (Å²) < 4.78 is 28.7. The first-order valence-electron chi connectivity index (χ1n) is 11.3. The molecule has 1 aromatic heterocycles. The lowest BCUT2D eigenvalue weighted by Crippen LogP contribution is -2.18. The van der Waals surface area contributed by atoms with E-state index in [1.54, 1.807) is 6.07 Å². The van der Waals surface area contributed by atoms with Crippen LogP contribution in [-0.2, 0) is 17.8 Å². The molecule has 1 aliphatic heterocycles. The third kappa shape index (κ3) is 4.13. The van der Waals surface area contributed by atoms with E-state index in [4.69, 9.17) is 9.47 Å². The highest BCUT2D eigenvalue weighted by atomic mass is 19.1. The molecule has 2 heterocycles. The number of aromatic nitrogens is 2. The SMILES string of the molecule is CCc1cc(OCc2ccccc2)c(F)cc1-c1ccc2cnn(C3CCCCO3)c2c1. The number of fused-ring (bicyclic) bond motifs is 1. The van der Waals surface area contributed by atoms with Crippen molar-refractivity contribution in [1.29, 1.82) is 0 Å². The van der Waals surface area contributed by atoms with Crippen molar-refractivity contribution in [2.45, 2.75) is 45.4 Å². The van der Waals surface area contributed by atoms with Crippen molar-refractivity contribution in [3.05, 3.63) is 83.8 Å². The van der Waals surface area contributed by atoms with Gasteiger partial charge in [-0.15, -0.1) is 0 Å². The summed E-state index contributed by atoms with van der Waals surface area (Å²) in [7, 11) is 0. The number of ether oxygens (including phenoxy) is 2. The summed E-state index contributed by atoms with van der Waals surface area (Å²) in [6.07, 6.45) is 5.82. The number of benzene rings is 3. The normalized spacial score (nSPS) is 16.4. The Bertz CT molecular complexity index is 1210. The molecule has 0 spiro atoms. The van der Waals surface area contributed by atoms with Crippen LogP contribution in [0.2, 0.25) is 0 Å². The third-order valence-corrected chi connectivity index (χ3v) is 6.11. The van der Waals surface area contributed by atoms with Crippen LogP contribution in [0.15, 0.2) is 66.9 Å². The maximum absolute atomic E-state index is 15.0. The zero-order chi connectivity index (χ0) is 21.9. The molecule has 5 rings (SSSR count). The Balaban J connectivity index is 1.47. The van der Waals surface area contributed by atoms with Crippen molar-refractivity contribution >= 4 is 10.9 Å². The van der Waals surface area contributed by atoms with E-state index in [0.717, 1.165) is 65.4 Å². The van der Waals surface area contributed by atoms with Crippen LogP contribution in [-0.4, -0.2) is 16.4 Å². The lowest BCUT2D eigenvalue weighted by Gasteiger charge is -2.23. The summed E-state index contributed by atoms with van der Waals surface area (Å²) in [4.78, 5) is 0. The Morgan fingerprint density at radius 1 is 1.09 bits per heavy atom. The van der Waals surface area contributed by atoms with Gasteiger partial charge in [-0.05, 0) is 66.1 Å². The molecule has 0 aliphatic carbocycles. The van der Waals surface area contributed by atoms with E-state index in [1.807, 2.05) is 59.4 Å². The van der Waals surface area contributed by atoms with Gasteiger partial charge in [-0.1, -0.05) is 49.4 Å². The molecular formula is C27H27FN2O2. The molecule has 0 N–H and O–H groups in total. The van der Waals surface area contributed by atoms with Crippen LogP contribution in [0.4, 0.5) is 4.39 Å². The molecule has 1 aliphatic rings. The molecule has 0 saturated carbocycles. The number of halogens is 1. The van der Waals surface area contributed by atoms with Gasteiger partial charge in [-0.3, -0.25) is 0 Å². The Kier molecular flexibility index (Phi) is 5.91. The highest BCUT2D eigenvalue weighted by Gasteiger charge is 2.19. The van der Waals surface area contributed by atoms with Crippen LogP contribution in [0.5, 0.6) is 5.75 Å². The molecule has 32 heavy (non-hydrogen) atoms. The number of nitrogens with zero attached hydrogens (tertiary/aromatic N) is 2. The average Bonchev–Trinajstić information content (AvgIpc) is 3.27. The number of aryl methyl sites for hydroxylation is 1. The number of hydrogen-bond donors (Lipinski definition) is 0. The van der Waals surface area contributed by atoms with Gasteiger partial charge in [0, 0.05) is 12.0 Å². The van der Waals surface area contributed by atoms with Crippen LogP contribution >= 0.6 is 0 Å². The van der Waals surface area contributed by atoms with Gasteiger partial charge in [-0.25, -0.2) is 9.07 Å². The van der Waals surface area contributed by atoms with Gasteiger partial charge in [0.15, 0.2) is 17.8 Å². The smallest absolute Gasteiger partial charge is 0.165 e. The van der Waals surface area contributed by atoms with E-state index in [0.29, 0.717) is 6.61 Å². The van der Waals surface area contributed by atoms with Gasteiger partial charge in [0.2, 0.25) is 0 Å². The largest absolute Gasteiger partial charge is 0.486 e. The molecule has 4 nitrogen and oxygen atoms in total. The van der Waals surface area contributed by atoms with Gasteiger partial charge in [-0.2, -0.15) is 5.10 Å². The fraction of sp³-hybridized carbons (Fsp3) is 0.296. The average molecular weight is 431 g/mol. The predicted molar refractivity (Wildman–Crippen MR) is 124 cm³/mol. The van der Waals surface area contributed by atoms with Crippen molar-refractivity contribution in [2.24, 2.45) is 0 Å². The standard InChI is InChI=1S/C27H27FN2O2/c1-2-20-15-26(32-18-19-8-4-3-5-9-19)24(28)16-23(20)21-11-12-22-17-29-30(25(22)14-21)27-10-6-7-13-31-27/h3-5,8-9,11-12,14-17,27H,2,6-7,10,13,18H2,1H3. The van der Waals surface area contributed by atoms with Crippen molar-refractivity contribution in [1.82, 2.24) is 9.78 Å². The maximum Gasteiger partial charge on any atom is 0.165 e. The molecule has 4 aromatic rings. The van der Waals surface area contributed by atoms with Crippen molar-refractivity contribution in [2.75, 3.05) is 6.61 Å². The number of hydrogen-bond acceptors (Lipinski definition) is 3. The first kappa shape index (κ1) is 20.7. The Labute approximate surface area is 187 Å². The zero-order valence-corrected chi connectivity index (χ0v) is 18.3. The molecule has 0 bridgehead atoms. The molecule has 1 unspecified atom stereocenters. The summed E-state index contributed by atoms with van der Waals surface area (Å²) in [5.41, 5.74) is 4.93. The summed E-state index contributed by atoms with van der Waals surface area (Å²) in [5.74, 6) is -0.0615. The van der Waals surface area contributed by atoms with E-state index >= 15 is 4.39 Å². The highest BCUT2D eigenvalue weighted by Crippen LogP contribution is 2.34. The van der Waals surface area contributed by atoms with Gasteiger partial charge >= 0.3 is 0 Å². The summed E-state index contributed by atoms with van der Waals surface area (Å²) in [6, 6.07) is 19.4. The maximum atomic E-state index is 15.0. The monoisotopic (exact) mass is 430 g/mol. The molecule has 0 radical (unpaired) electrons. The molecule has 0 amide bonds. The van der Waals surface area contributed by atoms with Crippen molar-refractivity contribution in [3.63, 3.8) is 0 Å². The van der Waals surface area contributed by atoms with Crippen LogP contribution < -0.4 is 4.74 Å². The summed E-state index contributed by atoms with van der Waals surface area (Å²) in [6.45, 7) is 3.19. The van der Waals surface area contributed by atoms with E-state index in [2.05, 4.69) is 18.1 Å². The summed E-state index contributed by atoms with van der Waals surface area (Å²) >= 11 is 0. The molecule has 1 atom stereocenters.